The number of carbonyl (C=O) groups is 1. The maximum atomic E-state index is 10.8. The van der Waals surface area contributed by atoms with Gasteiger partial charge in [-0.05, 0) is 23.8 Å². The molecule has 0 saturated heterocycles. The van der Waals surface area contributed by atoms with Crippen LogP contribution in [0.3, 0.4) is 0 Å². The fourth-order valence-corrected chi connectivity index (χ4v) is 2.06. The number of amides is 1. The molecule has 2 aromatic rings. The molecule has 2 N–H and O–H groups in total. The van der Waals surface area contributed by atoms with Gasteiger partial charge >= 0.3 is 0 Å². The number of benzene rings is 1. The summed E-state index contributed by atoms with van der Waals surface area (Å²) >= 11 is 1.38. The maximum absolute atomic E-state index is 10.8. The molecule has 0 fully saturated rings. The van der Waals surface area contributed by atoms with Crippen LogP contribution < -0.4 is 5.32 Å². The van der Waals surface area contributed by atoms with Crippen molar-refractivity contribution >= 4 is 34.5 Å². The number of phenolic OH excluding ortho intramolecular Hbond substituents is 1. The Morgan fingerprint density at radius 1 is 1.33 bits per heavy atom. The number of aromatic nitrogens is 1. The monoisotopic (exact) mass is 260 g/mol. The summed E-state index contributed by atoms with van der Waals surface area (Å²) in [6.45, 7) is 1.45. The predicted octanol–water partition coefficient (Wildman–Crippen LogP) is 2.98. The minimum atomic E-state index is -0.126. The minimum Gasteiger partial charge on any atom is -0.508 e. The van der Waals surface area contributed by atoms with Gasteiger partial charge in [0.1, 0.15) is 5.75 Å². The van der Waals surface area contributed by atoms with Gasteiger partial charge in [-0.3, -0.25) is 4.79 Å². The van der Waals surface area contributed by atoms with Gasteiger partial charge in [0, 0.05) is 12.3 Å². The van der Waals surface area contributed by atoms with Crippen molar-refractivity contribution in [3.63, 3.8) is 0 Å². The number of aromatic hydroxyl groups is 1. The zero-order valence-corrected chi connectivity index (χ0v) is 10.6. The van der Waals surface area contributed by atoms with Crippen LogP contribution in [0.2, 0.25) is 0 Å². The van der Waals surface area contributed by atoms with E-state index in [1.54, 1.807) is 12.1 Å². The summed E-state index contributed by atoms with van der Waals surface area (Å²) in [5.41, 5.74) is 1.76. The molecule has 2 rings (SSSR count). The van der Waals surface area contributed by atoms with E-state index in [2.05, 4.69) is 10.3 Å². The fraction of sp³-hybridized carbons (Fsp3) is 0.0769. The first kappa shape index (κ1) is 12.3. The van der Waals surface area contributed by atoms with E-state index >= 15 is 0 Å². The lowest BCUT2D eigenvalue weighted by Crippen LogP contribution is -2.04. The van der Waals surface area contributed by atoms with E-state index < -0.39 is 0 Å². The maximum Gasteiger partial charge on any atom is 0.223 e. The average Bonchev–Trinajstić information content (AvgIpc) is 2.75. The molecule has 18 heavy (non-hydrogen) atoms. The van der Waals surface area contributed by atoms with E-state index in [-0.39, 0.29) is 11.7 Å². The van der Waals surface area contributed by atoms with Crippen molar-refractivity contribution in [2.75, 3.05) is 5.32 Å². The van der Waals surface area contributed by atoms with Gasteiger partial charge in [0.05, 0.1) is 5.69 Å². The number of nitrogens with one attached hydrogen (secondary N) is 1. The number of thiazole rings is 1. The Labute approximate surface area is 109 Å². The van der Waals surface area contributed by atoms with Crippen LogP contribution in [0.4, 0.5) is 5.13 Å². The molecule has 1 aromatic heterocycles. The standard InChI is InChI=1S/C13H12N2O2S/c1-9(16)14-13-15-11(8-18-13)5-2-10-3-6-12(17)7-4-10/h2-8,17H,1H3,(H,14,15,16)/b5-2+. The van der Waals surface area contributed by atoms with Crippen LogP contribution in [-0.4, -0.2) is 16.0 Å². The fourth-order valence-electron chi connectivity index (χ4n) is 1.34. The van der Waals surface area contributed by atoms with Crippen LogP contribution in [0.25, 0.3) is 12.2 Å². The summed E-state index contributed by atoms with van der Waals surface area (Å²) in [4.78, 5) is 15.1. The average molecular weight is 260 g/mol. The second kappa shape index (κ2) is 5.46. The van der Waals surface area contributed by atoms with Crippen molar-refractivity contribution in [3.05, 3.63) is 40.9 Å². The summed E-state index contributed by atoms with van der Waals surface area (Å²) in [6, 6.07) is 6.88. The number of rotatable bonds is 3. The number of nitrogens with zero attached hydrogens (tertiary/aromatic N) is 1. The highest BCUT2D eigenvalue weighted by Crippen LogP contribution is 2.18. The number of hydrogen-bond donors (Lipinski definition) is 2. The summed E-state index contributed by atoms with van der Waals surface area (Å²) in [5.74, 6) is 0.118. The summed E-state index contributed by atoms with van der Waals surface area (Å²) in [7, 11) is 0. The Morgan fingerprint density at radius 2 is 2.06 bits per heavy atom. The first-order chi connectivity index (χ1) is 8.63. The minimum absolute atomic E-state index is 0.126. The lowest BCUT2D eigenvalue weighted by molar-refractivity contribution is -0.114. The summed E-state index contributed by atoms with van der Waals surface area (Å²) in [6.07, 6.45) is 3.75. The van der Waals surface area contributed by atoms with Gasteiger partial charge < -0.3 is 10.4 Å². The lowest BCUT2D eigenvalue weighted by atomic mass is 10.2. The van der Waals surface area contributed by atoms with E-state index in [0.717, 1.165) is 11.3 Å². The van der Waals surface area contributed by atoms with Crippen LogP contribution >= 0.6 is 11.3 Å². The molecular formula is C13H12N2O2S. The van der Waals surface area contributed by atoms with Gasteiger partial charge in [-0.15, -0.1) is 11.3 Å². The van der Waals surface area contributed by atoms with Crippen molar-refractivity contribution in [1.29, 1.82) is 0 Å². The molecule has 0 atom stereocenters. The first-order valence-electron chi connectivity index (χ1n) is 5.34. The van der Waals surface area contributed by atoms with Gasteiger partial charge in [0.15, 0.2) is 5.13 Å². The molecular weight excluding hydrogens is 248 g/mol. The normalized spacial score (nSPS) is 10.7. The van der Waals surface area contributed by atoms with E-state index in [1.807, 2.05) is 29.7 Å². The van der Waals surface area contributed by atoms with Gasteiger partial charge in [-0.2, -0.15) is 0 Å². The molecule has 0 unspecified atom stereocenters. The van der Waals surface area contributed by atoms with Gasteiger partial charge in [-0.25, -0.2) is 4.98 Å². The van der Waals surface area contributed by atoms with Crippen molar-refractivity contribution in [3.8, 4) is 5.75 Å². The highest BCUT2D eigenvalue weighted by molar-refractivity contribution is 7.14. The Morgan fingerprint density at radius 3 is 2.72 bits per heavy atom. The summed E-state index contributed by atoms with van der Waals surface area (Å²) in [5, 5.41) is 14.2. The second-order valence-corrected chi connectivity index (χ2v) is 4.54. The Bertz CT molecular complexity index is 573. The zero-order chi connectivity index (χ0) is 13.0. The highest BCUT2D eigenvalue weighted by Gasteiger charge is 2.00. The molecule has 0 aliphatic rings. The first-order valence-corrected chi connectivity index (χ1v) is 6.22. The smallest absolute Gasteiger partial charge is 0.223 e. The molecule has 0 aliphatic carbocycles. The molecule has 0 saturated carbocycles. The van der Waals surface area contributed by atoms with Gasteiger partial charge in [0.25, 0.3) is 0 Å². The van der Waals surface area contributed by atoms with E-state index in [0.29, 0.717) is 5.13 Å². The van der Waals surface area contributed by atoms with Crippen molar-refractivity contribution < 1.29 is 9.90 Å². The third-order valence-electron chi connectivity index (χ3n) is 2.14. The molecule has 92 valence electrons. The predicted molar refractivity (Wildman–Crippen MR) is 73.5 cm³/mol. The molecule has 0 spiro atoms. The molecule has 1 amide bonds. The van der Waals surface area contributed by atoms with Crippen LogP contribution in [0.15, 0.2) is 29.6 Å². The number of hydrogen-bond acceptors (Lipinski definition) is 4. The second-order valence-electron chi connectivity index (χ2n) is 3.68. The van der Waals surface area contributed by atoms with Crippen LogP contribution in [0.1, 0.15) is 18.2 Å². The Balaban J connectivity index is 2.06. The molecule has 4 nitrogen and oxygen atoms in total. The molecule has 0 aliphatic heterocycles. The molecule has 5 heteroatoms. The zero-order valence-electron chi connectivity index (χ0n) is 9.75. The number of phenols is 1. The van der Waals surface area contributed by atoms with E-state index in [1.165, 1.54) is 18.3 Å². The largest absolute Gasteiger partial charge is 0.508 e. The van der Waals surface area contributed by atoms with Crippen molar-refractivity contribution in [2.45, 2.75) is 6.92 Å². The van der Waals surface area contributed by atoms with E-state index in [9.17, 15) is 4.79 Å². The summed E-state index contributed by atoms with van der Waals surface area (Å²) < 4.78 is 0. The third-order valence-corrected chi connectivity index (χ3v) is 2.92. The van der Waals surface area contributed by atoms with E-state index in [4.69, 9.17) is 5.11 Å². The highest BCUT2D eigenvalue weighted by atomic mass is 32.1. The number of carbonyl (C=O) groups excluding carboxylic acids is 1. The van der Waals surface area contributed by atoms with Crippen LogP contribution in [0.5, 0.6) is 5.75 Å². The molecule has 1 heterocycles. The van der Waals surface area contributed by atoms with Gasteiger partial charge in [0.2, 0.25) is 5.91 Å². The number of anilines is 1. The Hall–Kier alpha value is -2.14. The van der Waals surface area contributed by atoms with Crippen molar-refractivity contribution in [2.24, 2.45) is 0 Å². The SMILES string of the molecule is CC(=O)Nc1nc(/C=C/c2ccc(O)cc2)cs1. The molecule has 0 bridgehead atoms. The van der Waals surface area contributed by atoms with Gasteiger partial charge in [-0.1, -0.05) is 18.2 Å². The van der Waals surface area contributed by atoms with Crippen LogP contribution in [0, 0.1) is 0 Å². The molecule has 0 radical (unpaired) electrons. The lowest BCUT2D eigenvalue weighted by Gasteiger charge is -1.93. The quantitative estimate of drug-likeness (QED) is 0.891. The van der Waals surface area contributed by atoms with Crippen LogP contribution in [-0.2, 0) is 4.79 Å². The Kier molecular flexibility index (Phi) is 3.74. The van der Waals surface area contributed by atoms with Crippen molar-refractivity contribution in [1.82, 2.24) is 4.98 Å². The molecule has 1 aromatic carbocycles. The third kappa shape index (κ3) is 3.43. The topological polar surface area (TPSA) is 62.2 Å².